The Balaban J connectivity index is 2.46. The molecule has 0 spiro atoms. The van der Waals surface area contributed by atoms with Gasteiger partial charge in [-0.3, -0.25) is 14.3 Å². The number of aliphatic hydroxyl groups is 1. The topological polar surface area (TPSA) is 110 Å². The molecule has 0 saturated carbocycles. The summed E-state index contributed by atoms with van der Waals surface area (Å²) in [4.78, 5) is 26.8. The molecule has 4 N–H and O–H groups in total. The molecule has 2 aromatic rings. The zero-order chi connectivity index (χ0) is 16.1. The molecular formula is C14H17N3O4S. The van der Waals surface area contributed by atoms with Crippen LogP contribution in [0, 0.1) is 6.92 Å². The molecule has 0 unspecified atom stereocenters. The molecule has 0 aliphatic heterocycles. The van der Waals surface area contributed by atoms with Crippen molar-refractivity contribution in [3.05, 3.63) is 50.7 Å². The molecule has 118 valence electrons. The number of aromatic nitrogens is 2. The Hall–Kier alpha value is -2.03. The molecule has 1 aromatic carbocycles. The summed E-state index contributed by atoms with van der Waals surface area (Å²) in [6.07, 6.45) is 0. The molecule has 7 nitrogen and oxygen atoms in total. The third kappa shape index (κ3) is 3.59. The van der Waals surface area contributed by atoms with Crippen LogP contribution in [0.1, 0.15) is 5.56 Å². The quantitative estimate of drug-likeness (QED) is 0.407. The summed E-state index contributed by atoms with van der Waals surface area (Å²) in [6.45, 7) is 1.52. The maximum absolute atomic E-state index is 12.0. The van der Waals surface area contributed by atoms with Gasteiger partial charge in [-0.15, -0.1) is 0 Å². The van der Waals surface area contributed by atoms with E-state index < -0.39 is 11.2 Å². The van der Waals surface area contributed by atoms with Gasteiger partial charge >= 0.3 is 5.69 Å². The normalized spacial score (nSPS) is 10.8. The van der Waals surface area contributed by atoms with Crippen LogP contribution in [0.15, 0.2) is 43.8 Å². The molecule has 8 heteroatoms. The fourth-order valence-electron chi connectivity index (χ4n) is 1.80. The van der Waals surface area contributed by atoms with Crippen molar-refractivity contribution in [2.75, 3.05) is 18.9 Å². The predicted octanol–water partition coefficient (Wildman–Crippen LogP) is 0.545. The third-order valence-electron chi connectivity index (χ3n) is 2.95. The van der Waals surface area contributed by atoms with Gasteiger partial charge in [0.15, 0.2) is 0 Å². The van der Waals surface area contributed by atoms with Crippen LogP contribution in [-0.4, -0.2) is 27.9 Å². The Morgan fingerprint density at radius 2 is 2.09 bits per heavy atom. The molecule has 0 aliphatic rings. The molecule has 0 fully saturated rings. The Kier molecular flexibility index (Phi) is 5.42. The second kappa shape index (κ2) is 7.30. The fraction of sp³-hybridized carbons (Fsp3) is 0.286. The molecule has 0 saturated heterocycles. The van der Waals surface area contributed by atoms with Crippen LogP contribution in [0.4, 0.5) is 5.69 Å². The number of nitrogens with two attached hydrogens (primary N) is 1. The van der Waals surface area contributed by atoms with Crippen molar-refractivity contribution < 1.29 is 9.84 Å². The summed E-state index contributed by atoms with van der Waals surface area (Å²) >= 11 is 1.23. The Bertz CT molecular complexity index is 769. The summed E-state index contributed by atoms with van der Waals surface area (Å²) in [5.74, 6) is 0. The number of aliphatic hydroxyl groups excluding tert-OH is 1. The average molecular weight is 323 g/mol. The maximum Gasteiger partial charge on any atom is 0.331 e. The first-order valence-electron chi connectivity index (χ1n) is 6.59. The van der Waals surface area contributed by atoms with Crippen LogP contribution in [0.5, 0.6) is 0 Å². The van der Waals surface area contributed by atoms with Gasteiger partial charge in [0.1, 0.15) is 6.73 Å². The number of nitrogen functional groups attached to an aromatic ring is 1. The van der Waals surface area contributed by atoms with Gasteiger partial charge in [-0.2, -0.15) is 0 Å². The summed E-state index contributed by atoms with van der Waals surface area (Å²) in [5.41, 5.74) is 5.86. The first kappa shape index (κ1) is 16.3. The van der Waals surface area contributed by atoms with Crippen molar-refractivity contribution in [3.8, 4) is 0 Å². The van der Waals surface area contributed by atoms with Crippen LogP contribution >= 0.6 is 11.8 Å². The molecule has 0 radical (unpaired) electrons. The second-order valence-corrected chi connectivity index (χ2v) is 5.55. The third-order valence-corrected chi connectivity index (χ3v) is 4.27. The Morgan fingerprint density at radius 3 is 2.77 bits per heavy atom. The van der Waals surface area contributed by atoms with E-state index in [1.165, 1.54) is 16.3 Å². The highest BCUT2D eigenvalue weighted by Gasteiger charge is 2.14. The van der Waals surface area contributed by atoms with Crippen molar-refractivity contribution in [3.63, 3.8) is 0 Å². The van der Waals surface area contributed by atoms with Crippen LogP contribution in [-0.2, 0) is 11.5 Å². The summed E-state index contributed by atoms with van der Waals surface area (Å²) in [5, 5.41) is 9.22. The lowest BCUT2D eigenvalue weighted by molar-refractivity contribution is 0.0411. The van der Waals surface area contributed by atoms with E-state index in [1.54, 1.807) is 13.0 Å². The van der Waals surface area contributed by atoms with E-state index in [1.807, 2.05) is 18.2 Å². The highest BCUT2D eigenvalue weighted by Crippen LogP contribution is 2.32. The minimum Gasteiger partial charge on any atom is -0.398 e. The lowest BCUT2D eigenvalue weighted by atomic mass is 10.3. The van der Waals surface area contributed by atoms with E-state index in [-0.39, 0.29) is 19.9 Å². The number of ether oxygens (including phenoxy) is 1. The second-order valence-electron chi connectivity index (χ2n) is 4.52. The number of hydrogen-bond acceptors (Lipinski definition) is 6. The van der Waals surface area contributed by atoms with Gasteiger partial charge in [-0.1, -0.05) is 23.9 Å². The van der Waals surface area contributed by atoms with Gasteiger partial charge < -0.3 is 15.6 Å². The van der Waals surface area contributed by atoms with E-state index in [4.69, 9.17) is 15.6 Å². The van der Waals surface area contributed by atoms with Crippen molar-refractivity contribution in [1.82, 2.24) is 9.55 Å². The lowest BCUT2D eigenvalue weighted by Gasteiger charge is -2.14. The number of rotatable bonds is 6. The number of H-pyrrole nitrogens is 1. The van der Waals surface area contributed by atoms with Crippen molar-refractivity contribution >= 4 is 17.4 Å². The van der Waals surface area contributed by atoms with Crippen molar-refractivity contribution in [2.24, 2.45) is 0 Å². The maximum atomic E-state index is 12.0. The molecule has 2 rings (SSSR count). The van der Waals surface area contributed by atoms with Crippen molar-refractivity contribution in [2.45, 2.75) is 23.6 Å². The number of aromatic amines is 1. The summed E-state index contributed by atoms with van der Waals surface area (Å²) < 4.78 is 6.51. The molecule has 0 amide bonds. The molecule has 0 bridgehead atoms. The monoisotopic (exact) mass is 323 g/mol. The minimum absolute atomic E-state index is 0.0634. The molecule has 1 aromatic heterocycles. The highest BCUT2D eigenvalue weighted by atomic mass is 32.2. The fourth-order valence-corrected chi connectivity index (χ4v) is 2.83. The van der Waals surface area contributed by atoms with E-state index in [2.05, 4.69) is 4.98 Å². The van der Waals surface area contributed by atoms with E-state index in [9.17, 15) is 9.59 Å². The number of hydrogen-bond donors (Lipinski definition) is 3. The zero-order valence-corrected chi connectivity index (χ0v) is 12.9. The molecule has 1 heterocycles. The lowest BCUT2D eigenvalue weighted by Crippen LogP contribution is -2.33. The van der Waals surface area contributed by atoms with Crippen LogP contribution in [0.3, 0.4) is 0 Å². The molecular weight excluding hydrogens is 306 g/mol. The first-order valence-corrected chi connectivity index (χ1v) is 7.41. The van der Waals surface area contributed by atoms with Gasteiger partial charge in [0.2, 0.25) is 0 Å². The standard InChI is InChI=1S/C14H17N3O4S/c1-9-12(19)16-14(20)17(8-21-7-6-18)13(9)22-11-5-3-2-4-10(11)15/h2-5,18H,6-8,15H2,1H3,(H,16,19,20). The van der Waals surface area contributed by atoms with Crippen LogP contribution in [0.2, 0.25) is 0 Å². The number of para-hydroxylation sites is 1. The molecule has 0 atom stereocenters. The number of anilines is 1. The zero-order valence-electron chi connectivity index (χ0n) is 12.0. The number of benzene rings is 1. The predicted molar refractivity (Wildman–Crippen MR) is 84.1 cm³/mol. The van der Waals surface area contributed by atoms with E-state index in [0.717, 1.165) is 4.90 Å². The van der Waals surface area contributed by atoms with Gasteiger partial charge in [0, 0.05) is 16.1 Å². The average Bonchev–Trinajstić information content (AvgIpc) is 2.49. The van der Waals surface area contributed by atoms with Gasteiger partial charge in [0.25, 0.3) is 5.56 Å². The number of nitrogens with one attached hydrogen (secondary N) is 1. The highest BCUT2D eigenvalue weighted by molar-refractivity contribution is 7.99. The number of nitrogens with zero attached hydrogens (tertiary/aromatic N) is 1. The van der Waals surface area contributed by atoms with Gasteiger partial charge in [-0.05, 0) is 19.1 Å². The Labute approximate surface area is 130 Å². The molecule has 22 heavy (non-hydrogen) atoms. The molecule has 0 aliphatic carbocycles. The SMILES string of the molecule is Cc1c(Sc2ccccc2N)n(COCCO)c(=O)[nH]c1=O. The van der Waals surface area contributed by atoms with Crippen molar-refractivity contribution in [1.29, 1.82) is 0 Å². The van der Waals surface area contributed by atoms with E-state index >= 15 is 0 Å². The first-order chi connectivity index (χ1) is 10.5. The van der Waals surface area contributed by atoms with Gasteiger partial charge in [-0.25, -0.2) is 4.79 Å². The largest absolute Gasteiger partial charge is 0.398 e. The minimum atomic E-state index is -0.564. The summed E-state index contributed by atoms with van der Waals surface area (Å²) in [7, 11) is 0. The van der Waals surface area contributed by atoms with E-state index in [0.29, 0.717) is 16.3 Å². The Morgan fingerprint density at radius 1 is 1.36 bits per heavy atom. The smallest absolute Gasteiger partial charge is 0.331 e. The van der Waals surface area contributed by atoms with Gasteiger partial charge in [0.05, 0.1) is 18.2 Å². The van der Waals surface area contributed by atoms with Crippen LogP contribution in [0.25, 0.3) is 0 Å². The van der Waals surface area contributed by atoms with Crippen LogP contribution < -0.4 is 17.0 Å². The summed E-state index contributed by atoms with van der Waals surface area (Å²) in [6, 6.07) is 7.19.